The summed E-state index contributed by atoms with van der Waals surface area (Å²) in [7, 11) is 0. The SMILES string of the molecule is c1n[nH][n+](-c2cn[nH]n2)n1. The van der Waals surface area contributed by atoms with Crippen molar-refractivity contribution in [3.05, 3.63) is 12.5 Å². The molecule has 7 nitrogen and oxygen atoms in total. The van der Waals surface area contributed by atoms with Crippen LogP contribution in [0, 0.1) is 0 Å². The molecule has 0 radical (unpaired) electrons. The molecule has 0 aliphatic carbocycles. The van der Waals surface area contributed by atoms with Crippen molar-refractivity contribution in [1.29, 1.82) is 0 Å². The molecule has 0 spiro atoms. The third kappa shape index (κ3) is 0.642. The molecule has 2 aromatic rings. The molecule has 2 N–H and O–H groups in total. The average molecular weight is 138 g/mol. The Hall–Kier alpha value is -1.79. The number of hydrogen-bond donors (Lipinski definition) is 2. The summed E-state index contributed by atoms with van der Waals surface area (Å²) in [6, 6.07) is 0. The maximum Gasteiger partial charge on any atom is 0.350 e. The number of aromatic amines is 2. The van der Waals surface area contributed by atoms with Crippen LogP contribution >= 0.6 is 0 Å². The minimum atomic E-state index is 0.581. The second-order valence-corrected chi connectivity index (χ2v) is 1.60. The number of hydrogen-bond acceptors (Lipinski definition) is 4. The van der Waals surface area contributed by atoms with E-state index >= 15 is 0 Å². The molecule has 0 unspecified atom stereocenters. The molecule has 0 aliphatic rings. The smallest absolute Gasteiger partial charge is 0.146 e. The van der Waals surface area contributed by atoms with Crippen molar-refractivity contribution in [3.63, 3.8) is 0 Å². The van der Waals surface area contributed by atoms with Gasteiger partial charge in [-0.15, -0.1) is 10.3 Å². The Morgan fingerprint density at radius 1 is 1.40 bits per heavy atom. The Morgan fingerprint density at radius 2 is 2.40 bits per heavy atom. The number of H-pyrrole nitrogens is 2. The monoisotopic (exact) mass is 138 g/mol. The molecule has 0 atom stereocenters. The fourth-order valence-electron chi connectivity index (χ4n) is 0.592. The van der Waals surface area contributed by atoms with Crippen LogP contribution in [0.2, 0.25) is 0 Å². The van der Waals surface area contributed by atoms with Gasteiger partial charge < -0.3 is 0 Å². The quantitative estimate of drug-likeness (QED) is 0.455. The summed E-state index contributed by atoms with van der Waals surface area (Å²) < 4.78 is 0. The molecule has 0 fully saturated rings. The minimum absolute atomic E-state index is 0.581. The molecular formula is C3H4N7+. The number of nitrogens with zero attached hydrogens (tertiary/aromatic N) is 5. The van der Waals surface area contributed by atoms with E-state index in [1.54, 1.807) is 0 Å². The van der Waals surface area contributed by atoms with Crippen molar-refractivity contribution in [2.75, 3.05) is 0 Å². The van der Waals surface area contributed by atoms with Crippen LogP contribution in [0.15, 0.2) is 12.5 Å². The molecule has 2 heterocycles. The Kier molecular flexibility index (Phi) is 0.938. The number of tetrazole rings is 1. The lowest BCUT2D eigenvalue weighted by molar-refractivity contribution is -0.720. The van der Waals surface area contributed by atoms with E-state index in [1.807, 2.05) is 0 Å². The van der Waals surface area contributed by atoms with Crippen molar-refractivity contribution in [2.45, 2.75) is 0 Å². The summed E-state index contributed by atoms with van der Waals surface area (Å²) in [5, 5.41) is 19.8. The van der Waals surface area contributed by atoms with Crippen LogP contribution in [0.1, 0.15) is 0 Å². The molecule has 7 heteroatoms. The Labute approximate surface area is 55.1 Å². The first-order chi connectivity index (χ1) is 4.97. The maximum absolute atomic E-state index is 3.79. The van der Waals surface area contributed by atoms with Gasteiger partial charge in [-0.3, -0.25) is 0 Å². The highest BCUT2D eigenvalue weighted by Gasteiger charge is 2.06. The van der Waals surface area contributed by atoms with Gasteiger partial charge in [-0.05, 0) is 9.90 Å². The zero-order valence-corrected chi connectivity index (χ0v) is 4.89. The van der Waals surface area contributed by atoms with E-state index in [0.29, 0.717) is 5.82 Å². The highest BCUT2D eigenvalue weighted by Crippen LogP contribution is 1.79. The van der Waals surface area contributed by atoms with E-state index in [1.165, 1.54) is 17.3 Å². The predicted octanol–water partition coefficient (Wildman–Crippen LogP) is -1.80. The second kappa shape index (κ2) is 1.87. The molecule has 2 aromatic heterocycles. The van der Waals surface area contributed by atoms with Crippen molar-refractivity contribution in [3.8, 4) is 5.82 Å². The van der Waals surface area contributed by atoms with Gasteiger partial charge in [0.2, 0.25) is 0 Å². The van der Waals surface area contributed by atoms with Crippen molar-refractivity contribution in [2.24, 2.45) is 0 Å². The molecule has 0 amide bonds. The fourth-order valence-corrected chi connectivity index (χ4v) is 0.592. The van der Waals surface area contributed by atoms with Gasteiger partial charge in [0.1, 0.15) is 6.20 Å². The largest absolute Gasteiger partial charge is 0.350 e. The highest BCUT2D eigenvalue weighted by atomic mass is 15.6. The molecular weight excluding hydrogens is 134 g/mol. The first-order valence-electron chi connectivity index (χ1n) is 2.60. The third-order valence-electron chi connectivity index (χ3n) is 0.997. The molecule has 0 bridgehead atoms. The van der Waals surface area contributed by atoms with E-state index in [4.69, 9.17) is 0 Å². The summed E-state index contributed by atoms with van der Waals surface area (Å²) in [4.78, 5) is 1.39. The summed E-state index contributed by atoms with van der Waals surface area (Å²) in [6.45, 7) is 0. The number of aromatic nitrogens is 7. The van der Waals surface area contributed by atoms with Gasteiger partial charge in [0, 0.05) is 5.10 Å². The van der Waals surface area contributed by atoms with Gasteiger partial charge in [0.15, 0.2) is 0 Å². The van der Waals surface area contributed by atoms with E-state index in [2.05, 4.69) is 30.8 Å². The molecule has 50 valence electrons. The van der Waals surface area contributed by atoms with Gasteiger partial charge in [-0.25, -0.2) is 0 Å². The van der Waals surface area contributed by atoms with Crippen molar-refractivity contribution >= 4 is 0 Å². The Morgan fingerprint density at radius 3 is 3.00 bits per heavy atom. The zero-order valence-electron chi connectivity index (χ0n) is 4.89. The van der Waals surface area contributed by atoms with Gasteiger partial charge in [-0.2, -0.15) is 0 Å². The van der Waals surface area contributed by atoms with Crippen LogP contribution in [-0.4, -0.2) is 30.8 Å². The van der Waals surface area contributed by atoms with Crippen LogP contribution in [0.25, 0.3) is 5.82 Å². The van der Waals surface area contributed by atoms with Gasteiger partial charge in [-0.1, -0.05) is 10.3 Å². The summed E-state index contributed by atoms with van der Waals surface area (Å²) >= 11 is 0. The molecule has 0 saturated carbocycles. The van der Waals surface area contributed by atoms with Crippen LogP contribution in [0.4, 0.5) is 0 Å². The highest BCUT2D eigenvalue weighted by molar-refractivity contribution is 4.94. The number of rotatable bonds is 1. The summed E-state index contributed by atoms with van der Waals surface area (Å²) in [6.07, 6.45) is 2.92. The van der Waals surface area contributed by atoms with E-state index in [9.17, 15) is 0 Å². The van der Waals surface area contributed by atoms with E-state index in [-0.39, 0.29) is 0 Å². The molecule has 0 aliphatic heterocycles. The molecule has 2 rings (SSSR count). The van der Waals surface area contributed by atoms with E-state index in [0.717, 1.165) is 0 Å². The lowest BCUT2D eigenvalue weighted by atomic mass is 10.8. The Bertz CT molecular complexity index is 248. The topological polar surface area (TPSA) is 87.0 Å². The van der Waals surface area contributed by atoms with Crippen LogP contribution in [-0.2, 0) is 0 Å². The van der Waals surface area contributed by atoms with Gasteiger partial charge in [0.05, 0.1) is 0 Å². The average Bonchev–Trinajstić information content (AvgIpc) is 2.59. The fraction of sp³-hybridized carbons (Fsp3) is 0. The van der Waals surface area contributed by atoms with Crippen LogP contribution in [0.5, 0.6) is 0 Å². The number of nitrogens with one attached hydrogen (secondary N) is 2. The first kappa shape index (κ1) is 5.03. The van der Waals surface area contributed by atoms with Crippen molar-refractivity contribution < 1.29 is 4.80 Å². The maximum atomic E-state index is 3.79. The molecule has 10 heavy (non-hydrogen) atoms. The standard InChI is InChI=1S/C3H3N7/c1-3(7-8-4-1)10-6-2-5-9-10/h1-2H,(H,4,7,8)/p+1. The van der Waals surface area contributed by atoms with Crippen molar-refractivity contribution in [1.82, 2.24) is 30.8 Å². The third-order valence-corrected chi connectivity index (χ3v) is 0.997. The van der Waals surface area contributed by atoms with Crippen LogP contribution < -0.4 is 4.80 Å². The first-order valence-corrected chi connectivity index (χ1v) is 2.60. The second-order valence-electron chi connectivity index (χ2n) is 1.60. The minimum Gasteiger partial charge on any atom is -0.146 e. The molecule has 0 saturated heterocycles. The van der Waals surface area contributed by atoms with Gasteiger partial charge >= 0.3 is 5.82 Å². The zero-order chi connectivity index (χ0) is 6.81. The van der Waals surface area contributed by atoms with Gasteiger partial charge in [0.25, 0.3) is 6.33 Å². The molecule has 0 aromatic carbocycles. The predicted molar refractivity (Wildman–Crippen MR) is 27.9 cm³/mol. The lowest BCUT2D eigenvalue weighted by Crippen LogP contribution is -2.36. The summed E-state index contributed by atoms with van der Waals surface area (Å²) in [5.74, 6) is 0.581. The summed E-state index contributed by atoms with van der Waals surface area (Å²) in [5.41, 5.74) is 0. The van der Waals surface area contributed by atoms with Crippen LogP contribution in [0.3, 0.4) is 0 Å². The Balaban J connectivity index is 2.48. The normalized spacial score (nSPS) is 10.0. The lowest BCUT2D eigenvalue weighted by Gasteiger charge is -1.76. The van der Waals surface area contributed by atoms with E-state index < -0.39 is 0 Å².